The normalized spacial score (nSPS) is 22.4. The second-order valence-electron chi connectivity index (χ2n) is 6.17. The van der Waals surface area contributed by atoms with Crippen LogP contribution < -0.4 is 10.1 Å². The Bertz CT molecular complexity index is 603. The maximum absolute atomic E-state index is 5.41. The van der Waals surface area contributed by atoms with Crippen molar-refractivity contribution >= 4 is 10.9 Å². The minimum Gasteiger partial charge on any atom is -0.494 e. The molecule has 0 radical (unpaired) electrons. The van der Waals surface area contributed by atoms with Crippen LogP contribution in [0.3, 0.4) is 0 Å². The lowest BCUT2D eigenvalue weighted by Gasteiger charge is -2.26. The first kappa shape index (κ1) is 14.3. The summed E-state index contributed by atoms with van der Waals surface area (Å²) in [5.74, 6) is 1.74. The molecule has 0 atom stereocenters. The molecule has 1 aromatic heterocycles. The van der Waals surface area contributed by atoms with Crippen molar-refractivity contribution in [3.8, 4) is 5.75 Å². The van der Waals surface area contributed by atoms with Crippen molar-refractivity contribution in [2.75, 3.05) is 7.11 Å². The highest BCUT2D eigenvalue weighted by atomic mass is 16.5. The first-order valence-electron chi connectivity index (χ1n) is 7.92. The molecule has 0 spiro atoms. The van der Waals surface area contributed by atoms with Gasteiger partial charge in [0, 0.05) is 18.0 Å². The van der Waals surface area contributed by atoms with Gasteiger partial charge in [-0.15, -0.1) is 0 Å². The molecule has 1 fully saturated rings. The molecule has 112 valence electrons. The molecule has 0 saturated heterocycles. The van der Waals surface area contributed by atoms with Gasteiger partial charge in [0.2, 0.25) is 0 Å². The van der Waals surface area contributed by atoms with Gasteiger partial charge >= 0.3 is 0 Å². The van der Waals surface area contributed by atoms with E-state index in [9.17, 15) is 0 Å². The molecular formula is C18H24N2O. The van der Waals surface area contributed by atoms with Crippen LogP contribution in [0.25, 0.3) is 10.9 Å². The Morgan fingerprint density at radius 2 is 1.95 bits per heavy atom. The van der Waals surface area contributed by atoms with Crippen molar-refractivity contribution in [2.45, 2.75) is 45.2 Å². The molecule has 2 aromatic rings. The van der Waals surface area contributed by atoms with Gasteiger partial charge < -0.3 is 10.1 Å². The highest BCUT2D eigenvalue weighted by molar-refractivity contribution is 5.84. The molecule has 1 N–H and O–H groups in total. The Kier molecular flexibility index (Phi) is 4.39. The molecule has 1 aliphatic carbocycles. The average Bonchev–Trinajstić information content (AvgIpc) is 2.53. The number of hydrogen-bond acceptors (Lipinski definition) is 3. The van der Waals surface area contributed by atoms with Crippen molar-refractivity contribution < 1.29 is 4.74 Å². The molecular weight excluding hydrogens is 260 g/mol. The smallest absolute Gasteiger partial charge is 0.145 e. The Morgan fingerprint density at radius 1 is 1.14 bits per heavy atom. The van der Waals surface area contributed by atoms with Crippen LogP contribution in [0.5, 0.6) is 5.75 Å². The number of pyridine rings is 1. The van der Waals surface area contributed by atoms with Crippen molar-refractivity contribution in [3.05, 3.63) is 36.0 Å². The zero-order chi connectivity index (χ0) is 14.7. The van der Waals surface area contributed by atoms with Crippen molar-refractivity contribution in [1.29, 1.82) is 0 Å². The summed E-state index contributed by atoms with van der Waals surface area (Å²) in [7, 11) is 1.70. The fourth-order valence-electron chi connectivity index (χ4n) is 3.14. The largest absolute Gasteiger partial charge is 0.494 e. The number of methoxy groups -OCH3 is 1. The van der Waals surface area contributed by atoms with E-state index in [2.05, 4.69) is 30.4 Å². The number of rotatable bonds is 4. The summed E-state index contributed by atoms with van der Waals surface area (Å²) in [6.45, 7) is 3.19. The summed E-state index contributed by atoms with van der Waals surface area (Å²) in [4.78, 5) is 4.76. The number of hydrogen-bond donors (Lipinski definition) is 1. The topological polar surface area (TPSA) is 34.1 Å². The lowest BCUT2D eigenvalue weighted by molar-refractivity contribution is 0.306. The number of fused-ring (bicyclic) bond motifs is 1. The Hall–Kier alpha value is -1.61. The van der Waals surface area contributed by atoms with Crippen LogP contribution in [0, 0.1) is 5.92 Å². The Balaban J connectivity index is 1.69. The molecule has 0 unspecified atom stereocenters. The minimum atomic E-state index is 0.649. The quantitative estimate of drug-likeness (QED) is 0.924. The lowest BCUT2D eigenvalue weighted by atomic mass is 9.87. The number of benzene rings is 1. The molecule has 0 amide bonds. The number of aromatic nitrogens is 1. The van der Waals surface area contributed by atoms with E-state index in [1.165, 1.54) is 25.7 Å². The van der Waals surface area contributed by atoms with Crippen LogP contribution in [0.2, 0.25) is 0 Å². The van der Waals surface area contributed by atoms with Gasteiger partial charge in [-0.2, -0.15) is 0 Å². The molecule has 1 aliphatic rings. The van der Waals surface area contributed by atoms with E-state index >= 15 is 0 Å². The number of nitrogens with one attached hydrogen (secondary N) is 1. The zero-order valence-electron chi connectivity index (χ0n) is 12.9. The molecule has 1 saturated carbocycles. The third-order valence-corrected chi connectivity index (χ3v) is 4.55. The highest BCUT2D eigenvalue weighted by Crippen LogP contribution is 2.25. The van der Waals surface area contributed by atoms with E-state index in [1.54, 1.807) is 7.11 Å². The molecule has 0 bridgehead atoms. The van der Waals surface area contributed by atoms with Crippen molar-refractivity contribution in [3.63, 3.8) is 0 Å². The van der Waals surface area contributed by atoms with Gasteiger partial charge in [0.25, 0.3) is 0 Å². The fraction of sp³-hybridized carbons (Fsp3) is 0.500. The monoisotopic (exact) mass is 284 g/mol. The summed E-state index contributed by atoms with van der Waals surface area (Å²) in [5.41, 5.74) is 2.04. The fourth-order valence-corrected chi connectivity index (χ4v) is 3.14. The molecule has 3 heteroatoms. The SMILES string of the molecule is COc1cccc2ccc(CNC3CCC(C)CC3)nc12. The van der Waals surface area contributed by atoms with E-state index in [0.29, 0.717) is 6.04 Å². The van der Waals surface area contributed by atoms with Crippen LogP contribution in [0.15, 0.2) is 30.3 Å². The molecule has 3 rings (SSSR count). The third-order valence-electron chi connectivity index (χ3n) is 4.55. The van der Waals surface area contributed by atoms with Crippen LogP contribution in [-0.4, -0.2) is 18.1 Å². The molecule has 3 nitrogen and oxygen atoms in total. The summed E-state index contributed by atoms with van der Waals surface area (Å²) in [6, 6.07) is 10.9. The van der Waals surface area contributed by atoms with E-state index < -0.39 is 0 Å². The average molecular weight is 284 g/mol. The van der Waals surface area contributed by atoms with Crippen LogP contribution >= 0.6 is 0 Å². The predicted octanol–water partition coefficient (Wildman–Crippen LogP) is 3.91. The zero-order valence-corrected chi connectivity index (χ0v) is 12.9. The highest BCUT2D eigenvalue weighted by Gasteiger charge is 2.17. The minimum absolute atomic E-state index is 0.649. The van der Waals surface area contributed by atoms with E-state index in [-0.39, 0.29) is 0 Å². The van der Waals surface area contributed by atoms with Gasteiger partial charge in [-0.25, -0.2) is 4.98 Å². The van der Waals surface area contributed by atoms with Gasteiger partial charge in [-0.3, -0.25) is 0 Å². The number of para-hydroxylation sites is 1. The Morgan fingerprint density at radius 3 is 2.71 bits per heavy atom. The van der Waals surface area contributed by atoms with E-state index in [1.807, 2.05) is 12.1 Å². The maximum Gasteiger partial charge on any atom is 0.145 e. The van der Waals surface area contributed by atoms with Crippen molar-refractivity contribution in [2.24, 2.45) is 5.92 Å². The van der Waals surface area contributed by atoms with Crippen molar-refractivity contribution in [1.82, 2.24) is 10.3 Å². The summed E-state index contributed by atoms with van der Waals surface area (Å²) in [5, 5.41) is 4.79. The molecule has 1 heterocycles. The molecule has 0 aliphatic heterocycles. The van der Waals surface area contributed by atoms with E-state index in [4.69, 9.17) is 9.72 Å². The first-order chi connectivity index (χ1) is 10.3. The number of ether oxygens (including phenoxy) is 1. The summed E-state index contributed by atoms with van der Waals surface area (Å²) in [6.07, 6.45) is 5.27. The Labute approximate surface area is 126 Å². The second-order valence-corrected chi connectivity index (χ2v) is 6.17. The van der Waals surface area contributed by atoms with E-state index in [0.717, 1.165) is 34.8 Å². The van der Waals surface area contributed by atoms with Gasteiger partial charge in [-0.1, -0.05) is 25.1 Å². The molecule has 21 heavy (non-hydrogen) atoms. The van der Waals surface area contributed by atoms with Crippen LogP contribution in [0.4, 0.5) is 0 Å². The van der Waals surface area contributed by atoms with Gasteiger partial charge in [-0.05, 0) is 43.7 Å². The second kappa shape index (κ2) is 6.44. The van der Waals surface area contributed by atoms with Crippen LogP contribution in [0.1, 0.15) is 38.3 Å². The summed E-state index contributed by atoms with van der Waals surface area (Å²) >= 11 is 0. The first-order valence-corrected chi connectivity index (χ1v) is 7.92. The van der Waals surface area contributed by atoms with Gasteiger partial charge in [0.15, 0.2) is 0 Å². The molecule has 1 aromatic carbocycles. The third kappa shape index (κ3) is 3.35. The number of nitrogens with zero attached hydrogens (tertiary/aromatic N) is 1. The summed E-state index contributed by atoms with van der Waals surface area (Å²) < 4.78 is 5.41. The maximum atomic E-state index is 5.41. The van der Waals surface area contributed by atoms with Gasteiger partial charge in [0.1, 0.15) is 11.3 Å². The van der Waals surface area contributed by atoms with Crippen LogP contribution in [-0.2, 0) is 6.54 Å². The predicted molar refractivity (Wildman–Crippen MR) is 86.6 cm³/mol. The lowest BCUT2D eigenvalue weighted by Crippen LogP contribution is -2.32. The standard InChI is InChI=1S/C18H24N2O/c1-13-6-9-15(10-7-13)19-12-16-11-8-14-4-3-5-17(21-2)18(14)20-16/h3-5,8,11,13,15,19H,6-7,9-10,12H2,1-2H3. The van der Waals surface area contributed by atoms with Gasteiger partial charge in [0.05, 0.1) is 12.8 Å².